The predicted octanol–water partition coefficient (Wildman–Crippen LogP) is 9.76. The van der Waals surface area contributed by atoms with Crippen LogP contribution < -0.4 is 15.1 Å². The van der Waals surface area contributed by atoms with Crippen LogP contribution in [0.15, 0.2) is 147 Å². The lowest BCUT2D eigenvalue weighted by Crippen LogP contribution is -2.45. The fraction of sp³-hybridized carbons (Fsp3) is 0.116. The molecule has 2 heterocycles. The van der Waals surface area contributed by atoms with Gasteiger partial charge in [0.1, 0.15) is 35.5 Å². The number of fused-ring (bicyclic) bond motifs is 4. The Morgan fingerprint density at radius 2 is 1.57 bits per heavy atom. The summed E-state index contributed by atoms with van der Waals surface area (Å²) in [5.41, 5.74) is 5.92. The van der Waals surface area contributed by atoms with Crippen LogP contribution in [0.2, 0.25) is 0 Å². The number of carboxylic acid groups (broad SMARTS) is 1. The molecular weight excluding hydrogens is 706 g/mol. The van der Waals surface area contributed by atoms with Gasteiger partial charge in [0.2, 0.25) is 0 Å². The van der Waals surface area contributed by atoms with Gasteiger partial charge in [0.25, 0.3) is 0 Å². The molecule has 8 rings (SSSR count). The normalized spacial score (nSPS) is 14.3. The third-order valence-corrected chi connectivity index (χ3v) is 10.4. The molecule has 0 aliphatic carbocycles. The standard InChI is InChI=1S/C43H32BrNO6/c44-41-32(14-8-16-34(41)27-9-2-1-3-10-27)26-49-33-19-17-31(25-45-24-30-13-5-4-12-29(30)21-37(45)43(47)48)38(22-33)50-39-23-40(46)51-42-35-15-7-6-11-28(35)18-20-36(39)42/h1-20,22-23,37H,21,24-26H2,(H,47,48)/t37-/m1/s1. The molecule has 0 saturated heterocycles. The van der Waals surface area contributed by atoms with Crippen LogP contribution in [0.4, 0.5) is 0 Å². The van der Waals surface area contributed by atoms with Crippen LogP contribution in [0.25, 0.3) is 32.9 Å². The molecule has 7 aromatic rings. The lowest BCUT2D eigenvalue weighted by atomic mass is 9.93. The highest BCUT2D eigenvalue weighted by Crippen LogP contribution is 2.38. The van der Waals surface area contributed by atoms with E-state index in [1.807, 2.05) is 108 Å². The number of carbonyl (C=O) groups is 1. The van der Waals surface area contributed by atoms with Crippen molar-refractivity contribution in [2.45, 2.75) is 32.2 Å². The monoisotopic (exact) mass is 737 g/mol. The van der Waals surface area contributed by atoms with Gasteiger partial charge in [-0.2, -0.15) is 0 Å². The smallest absolute Gasteiger partial charge is 0.339 e. The van der Waals surface area contributed by atoms with Gasteiger partial charge < -0.3 is 19.0 Å². The second-order valence-electron chi connectivity index (χ2n) is 12.6. The molecule has 0 bridgehead atoms. The second kappa shape index (κ2) is 13.9. The van der Waals surface area contributed by atoms with Crippen molar-refractivity contribution in [2.24, 2.45) is 0 Å². The quantitative estimate of drug-likeness (QED) is 0.117. The number of hydrogen-bond acceptors (Lipinski definition) is 6. The van der Waals surface area contributed by atoms with E-state index in [0.717, 1.165) is 48.6 Å². The Labute approximate surface area is 302 Å². The average Bonchev–Trinajstić information content (AvgIpc) is 3.15. The lowest BCUT2D eigenvalue weighted by Gasteiger charge is -2.34. The van der Waals surface area contributed by atoms with Crippen molar-refractivity contribution < 1.29 is 23.8 Å². The van der Waals surface area contributed by atoms with Crippen molar-refractivity contribution in [2.75, 3.05) is 0 Å². The maximum Gasteiger partial charge on any atom is 0.339 e. The molecule has 6 aromatic carbocycles. The summed E-state index contributed by atoms with van der Waals surface area (Å²) < 4.78 is 19.6. The summed E-state index contributed by atoms with van der Waals surface area (Å²) in [6, 6.07) is 42.0. The first kappa shape index (κ1) is 32.5. The van der Waals surface area contributed by atoms with Gasteiger partial charge >= 0.3 is 11.6 Å². The summed E-state index contributed by atoms with van der Waals surface area (Å²) in [7, 11) is 0. The molecular formula is C43H32BrNO6. The van der Waals surface area contributed by atoms with Crippen LogP contribution in [0.1, 0.15) is 22.3 Å². The third-order valence-electron chi connectivity index (χ3n) is 9.42. The van der Waals surface area contributed by atoms with Crippen LogP contribution in [-0.4, -0.2) is 22.0 Å². The van der Waals surface area contributed by atoms with Crippen LogP contribution >= 0.6 is 15.9 Å². The number of halogens is 1. The van der Waals surface area contributed by atoms with Crippen molar-refractivity contribution >= 4 is 43.6 Å². The molecule has 0 amide bonds. The van der Waals surface area contributed by atoms with E-state index in [2.05, 4.69) is 34.1 Å². The number of hydrogen-bond donors (Lipinski definition) is 1. The Hall–Kier alpha value is -5.70. The molecule has 51 heavy (non-hydrogen) atoms. The molecule has 0 spiro atoms. The van der Waals surface area contributed by atoms with Crippen molar-refractivity contribution in [1.82, 2.24) is 4.90 Å². The molecule has 8 heteroatoms. The minimum Gasteiger partial charge on any atom is -0.489 e. The molecule has 0 saturated carbocycles. The van der Waals surface area contributed by atoms with E-state index in [0.29, 0.717) is 47.7 Å². The summed E-state index contributed by atoms with van der Waals surface area (Å²) in [4.78, 5) is 27.4. The van der Waals surface area contributed by atoms with Gasteiger partial charge in [-0.25, -0.2) is 4.79 Å². The molecule has 1 aromatic heterocycles. The van der Waals surface area contributed by atoms with E-state index in [1.165, 1.54) is 6.07 Å². The Morgan fingerprint density at radius 3 is 2.41 bits per heavy atom. The van der Waals surface area contributed by atoms with E-state index in [-0.39, 0.29) is 6.61 Å². The number of aliphatic carboxylic acids is 1. The maximum absolute atomic E-state index is 12.9. The molecule has 1 aliphatic rings. The van der Waals surface area contributed by atoms with Crippen molar-refractivity contribution in [3.05, 3.63) is 171 Å². The van der Waals surface area contributed by atoms with Gasteiger partial charge in [-0.05, 0) is 62.1 Å². The number of benzene rings is 6. The van der Waals surface area contributed by atoms with Gasteiger partial charge in [0.05, 0.1) is 11.5 Å². The maximum atomic E-state index is 12.9. The first-order valence-electron chi connectivity index (χ1n) is 16.7. The van der Waals surface area contributed by atoms with E-state index >= 15 is 0 Å². The highest BCUT2D eigenvalue weighted by atomic mass is 79.9. The fourth-order valence-corrected chi connectivity index (χ4v) is 7.42. The highest BCUT2D eigenvalue weighted by molar-refractivity contribution is 9.10. The highest BCUT2D eigenvalue weighted by Gasteiger charge is 2.32. The zero-order valence-corrected chi connectivity index (χ0v) is 29.0. The van der Waals surface area contributed by atoms with Crippen LogP contribution in [-0.2, 0) is 30.9 Å². The van der Waals surface area contributed by atoms with E-state index < -0.39 is 17.6 Å². The largest absolute Gasteiger partial charge is 0.489 e. The van der Waals surface area contributed by atoms with E-state index in [4.69, 9.17) is 13.9 Å². The molecule has 1 aliphatic heterocycles. The summed E-state index contributed by atoms with van der Waals surface area (Å²) in [6.07, 6.45) is 0.400. The SMILES string of the molecule is O=C(O)[C@H]1Cc2ccccc2CN1Cc1ccc(OCc2cccc(-c3ccccc3)c2Br)cc1Oc1cc(=O)oc2c1ccc1ccccc12. The molecule has 1 N–H and O–H groups in total. The molecule has 0 unspecified atom stereocenters. The summed E-state index contributed by atoms with van der Waals surface area (Å²) in [6.45, 7) is 1.06. The fourth-order valence-electron chi connectivity index (χ4n) is 6.81. The second-order valence-corrected chi connectivity index (χ2v) is 13.4. The predicted molar refractivity (Wildman–Crippen MR) is 201 cm³/mol. The number of ether oxygens (including phenoxy) is 2. The summed E-state index contributed by atoms with van der Waals surface area (Å²) in [5.74, 6) is 0.464. The number of carboxylic acids is 1. The molecule has 0 radical (unpaired) electrons. The van der Waals surface area contributed by atoms with Crippen LogP contribution in [0.5, 0.6) is 17.2 Å². The molecule has 7 nitrogen and oxygen atoms in total. The van der Waals surface area contributed by atoms with Gasteiger partial charge in [-0.15, -0.1) is 0 Å². The minimum absolute atomic E-state index is 0.286. The van der Waals surface area contributed by atoms with Crippen molar-refractivity contribution in [3.8, 4) is 28.4 Å². The van der Waals surface area contributed by atoms with Crippen LogP contribution in [0.3, 0.4) is 0 Å². The van der Waals surface area contributed by atoms with E-state index in [1.54, 1.807) is 6.07 Å². The summed E-state index contributed by atoms with van der Waals surface area (Å²) in [5, 5.41) is 12.6. The zero-order valence-electron chi connectivity index (χ0n) is 27.4. The Morgan fingerprint density at radius 1 is 0.784 bits per heavy atom. The first-order chi connectivity index (χ1) is 24.9. The van der Waals surface area contributed by atoms with Gasteiger partial charge in [0, 0.05) is 40.1 Å². The topological polar surface area (TPSA) is 89.2 Å². The van der Waals surface area contributed by atoms with Crippen molar-refractivity contribution in [3.63, 3.8) is 0 Å². The zero-order chi connectivity index (χ0) is 34.9. The minimum atomic E-state index is -0.881. The Balaban J connectivity index is 1.16. The third kappa shape index (κ3) is 6.64. The molecule has 0 fully saturated rings. The molecule has 252 valence electrons. The van der Waals surface area contributed by atoms with E-state index in [9.17, 15) is 14.7 Å². The van der Waals surface area contributed by atoms with Gasteiger partial charge in [0.15, 0.2) is 0 Å². The Kier molecular flexibility index (Phi) is 8.86. The lowest BCUT2D eigenvalue weighted by molar-refractivity contribution is -0.144. The van der Waals surface area contributed by atoms with Gasteiger partial charge in [-0.1, -0.05) is 109 Å². The first-order valence-corrected chi connectivity index (χ1v) is 17.5. The average molecular weight is 739 g/mol. The number of rotatable bonds is 9. The number of nitrogens with zero attached hydrogens (tertiary/aromatic N) is 1. The molecule has 1 atom stereocenters. The van der Waals surface area contributed by atoms with Crippen LogP contribution in [0, 0.1) is 0 Å². The van der Waals surface area contributed by atoms with Gasteiger partial charge in [-0.3, -0.25) is 9.69 Å². The summed E-state index contributed by atoms with van der Waals surface area (Å²) >= 11 is 3.80. The Bertz CT molecular complexity index is 2480. The van der Waals surface area contributed by atoms with Crippen molar-refractivity contribution in [1.29, 1.82) is 0 Å².